The van der Waals surface area contributed by atoms with E-state index in [2.05, 4.69) is 74.6 Å². The molecule has 2 aromatic carbocycles. The van der Waals surface area contributed by atoms with Crippen molar-refractivity contribution in [2.24, 2.45) is 0 Å². The lowest BCUT2D eigenvalue weighted by Gasteiger charge is -2.36. The van der Waals surface area contributed by atoms with Crippen LogP contribution >= 0.6 is 23.5 Å². The van der Waals surface area contributed by atoms with Crippen molar-refractivity contribution in [3.8, 4) is 0 Å². The number of nitrogens with one attached hydrogen (secondary N) is 1. The van der Waals surface area contributed by atoms with E-state index in [1.165, 1.54) is 32.6 Å². The van der Waals surface area contributed by atoms with E-state index in [-0.39, 0.29) is 6.04 Å². The van der Waals surface area contributed by atoms with E-state index in [9.17, 15) is 0 Å². The van der Waals surface area contributed by atoms with Crippen molar-refractivity contribution in [1.29, 1.82) is 0 Å². The van der Waals surface area contributed by atoms with Crippen molar-refractivity contribution >= 4 is 34.4 Å². The van der Waals surface area contributed by atoms with Crippen molar-refractivity contribution in [3.63, 3.8) is 0 Å². The highest BCUT2D eigenvalue weighted by atomic mass is 32.2. The fourth-order valence-electron chi connectivity index (χ4n) is 4.39. The molecular weight excluding hydrogens is 408 g/mol. The zero-order chi connectivity index (χ0) is 20.5. The van der Waals surface area contributed by atoms with Crippen molar-refractivity contribution in [2.45, 2.75) is 29.1 Å². The number of benzene rings is 2. The molecule has 1 atom stereocenters. The molecule has 0 saturated carbocycles. The third-order valence-corrected chi connectivity index (χ3v) is 7.14. The first-order valence-electron chi connectivity index (χ1n) is 10.1. The lowest BCUT2D eigenvalue weighted by Crippen LogP contribution is -2.35. The van der Waals surface area contributed by atoms with Gasteiger partial charge in [0, 0.05) is 52.5 Å². The number of rotatable bonds is 5. The molecule has 152 valence electrons. The average Bonchev–Trinajstić information content (AvgIpc) is 3.18. The van der Waals surface area contributed by atoms with E-state index < -0.39 is 0 Å². The van der Waals surface area contributed by atoms with Crippen LogP contribution in [0, 0.1) is 0 Å². The van der Waals surface area contributed by atoms with Crippen molar-refractivity contribution < 1.29 is 0 Å². The van der Waals surface area contributed by atoms with Gasteiger partial charge in [0.25, 0.3) is 0 Å². The largest absolute Gasteiger partial charge is 0.357 e. The summed E-state index contributed by atoms with van der Waals surface area (Å²) in [6, 6.07) is 17.9. The van der Waals surface area contributed by atoms with Crippen LogP contribution in [-0.4, -0.2) is 38.9 Å². The molecule has 5 rings (SSSR count). The summed E-state index contributed by atoms with van der Waals surface area (Å²) in [5.74, 6) is 0. The smallest absolute Gasteiger partial charge is 0.187 e. The van der Waals surface area contributed by atoms with Gasteiger partial charge in [-0.25, -0.2) is 9.97 Å². The molecule has 1 N–H and O–H groups in total. The number of aromatic nitrogens is 3. The minimum atomic E-state index is 0.192. The number of para-hydroxylation sites is 1. The molecule has 3 heterocycles. The van der Waals surface area contributed by atoms with Gasteiger partial charge in [-0.05, 0) is 48.3 Å². The molecule has 0 aliphatic carbocycles. The SMILES string of the molecule is CSc1ccc([C@@H]2c3[nH]c4ccccc4c3CCN2Cc2cnc(SC)nc2)cc1. The number of aromatic amines is 1. The normalized spacial score (nSPS) is 16.7. The standard InChI is InChI=1S/C24H24N4S2/c1-29-18-9-7-17(8-10-18)23-22-20(19-5-3-4-6-21(19)27-22)11-12-28(23)15-16-13-25-24(30-2)26-14-16/h3-10,13-14,23,27H,11-12,15H2,1-2H3/t23-/m1/s1. The summed E-state index contributed by atoms with van der Waals surface area (Å²) in [5.41, 5.74) is 6.47. The molecule has 0 spiro atoms. The quantitative estimate of drug-likeness (QED) is 0.331. The molecule has 4 nitrogen and oxygen atoms in total. The Labute approximate surface area is 185 Å². The van der Waals surface area contributed by atoms with Gasteiger partial charge in [0.15, 0.2) is 5.16 Å². The first-order chi connectivity index (χ1) is 14.8. The lowest BCUT2D eigenvalue weighted by molar-refractivity contribution is 0.201. The van der Waals surface area contributed by atoms with Crippen molar-refractivity contribution in [3.05, 3.63) is 83.3 Å². The van der Waals surface area contributed by atoms with Gasteiger partial charge in [-0.3, -0.25) is 4.90 Å². The molecular formula is C24H24N4S2. The van der Waals surface area contributed by atoms with Crippen LogP contribution in [0.1, 0.15) is 28.4 Å². The number of H-pyrrole nitrogens is 1. The predicted octanol–water partition coefficient (Wildman–Crippen LogP) is 5.55. The molecule has 1 aliphatic rings. The van der Waals surface area contributed by atoms with E-state index in [1.807, 2.05) is 18.6 Å². The molecule has 4 aromatic rings. The third-order valence-electron chi connectivity index (χ3n) is 5.82. The Hall–Kier alpha value is -2.28. The number of thioether (sulfide) groups is 2. The summed E-state index contributed by atoms with van der Waals surface area (Å²) in [5, 5.41) is 2.17. The van der Waals surface area contributed by atoms with Gasteiger partial charge in [-0.1, -0.05) is 42.1 Å². The van der Waals surface area contributed by atoms with Crippen LogP contribution in [0.25, 0.3) is 10.9 Å². The van der Waals surface area contributed by atoms with Gasteiger partial charge in [0.1, 0.15) is 0 Å². The van der Waals surface area contributed by atoms with Gasteiger partial charge in [0.05, 0.1) is 6.04 Å². The zero-order valence-electron chi connectivity index (χ0n) is 17.1. The summed E-state index contributed by atoms with van der Waals surface area (Å²) in [6.07, 6.45) is 9.10. The second-order valence-corrected chi connectivity index (χ2v) is 9.19. The number of nitrogens with zero attached hydrogens (tertiary/aromatic N) is 3. The Morgan fingerprint density at radius 2 is 1.77 bits per heavy atom. The van der Waals surface area contributed by atoms with E-state index in [0.29, 0.717) is 0 Å². The highest BCUT2D eigenvalue weighted by molar-refractivity contribution is 7.98. The van der Waals surface area contributed by atoms with Crippen molar-refractivity contribution in [1.82, 2.24) is 19.9 Å². The number of hydrogen-bond donors (Lipinski definition) is 1. The minimum Gasteiger partial charge on any atom is -0.357 e. The Kier molecular flexibility index (Phi) is 5.54. The zero-order valence-corrected chi connectivity index (χ0v) is 18.8. The van der Waals surface area contributed by atoms with Gasteiger partial charge < -0.3 is 4.98 Å². The maximum Gasteiger partial charge on any atom is 0.187 e. The molecule has 30 heavy (non-hydrogen) atoms. The highest BCUT2D eigenvalue weighted by Gasteiger charge is 2.31. The minimum absolute atomic E-state index is 0.192. The molecule has 6 heteroatoms. The van der Waals surface area contributed by atoms with Crippen molar-refractivity contribution in [2.75, 3.05) is 19.1 Å². The maximum atomic E-state index is 4.48. The highest BCUT2D eigenvalue weighted by Crippen LogP contribution is 2.39. The Morgan fingerprint density at radius 1 is 1.00 bits per heavy atom. The molecule has 0 fully saturated rings. The van der Waals surface area contributed by atoms with E-state index in [0.717, 1.165) is 30.2 Å². The number of fused-ring (bicyclic) bond motifs is 3. The fraction of sp³-hybridized carbons (Fsp3) is 0.250. The van der Waals surface area contributed by atoms with Gasteiger partial charge in [0.2, 0.25) is 0 Å². The Balaban J connectivity index is 1.56. The summed E-state index contributed by atoms with van der Waals surface area (Å²) in [7, 11) is 0. The van der Waals surface area contributed by atoms with Crippen LogP contribution in [0.3, 0.4) is 0 Å². The predicted molar refractivity (Wildman–Crippen MR) is 126 cm³/mol. The molecule has 0 amide bonds. The second-order valence-electron chi connectivity index (χ2n) is 7.54. The Bertz CT molecular complexity index is 1150. The molecule has 0 bridgehead atoms. The van der Waals surface area contributed by atoms with Crippen LogP contribution in [0.15, 0.2) is 71.0 Å². The van der Waals surface area contributed by atoms with Crippen LogP contribution in [0.4, 0.5) is 0 Å². The van der Waals surface area contributed by atoms with Gasteiger partial charge in [-0.2, -0.15) is 0 Å². The van der Waals surface area contributed by atoms with Gasteiger partial charge in [-0.15, -0.1) is 11.8 Å². The monoisotopic (exact) mass is 432 g/mol. The first kappa shape index (κ1) is 19.7. The van der Waals surface area contributed by atoms with Gasteiger partial charge >= 0.3 is 0 Å². The summed E-state index contributed by atoms with van der Waals surface area (Å²) >= 11 is 3.36. The van der Waals surface area contributed by atoms with Crippen LogP contribution < -0.4 is 0 Å². The maximum absolute atomic E-state index is 4.48. The topological polar surface area (TPSA) is 44.8 Å². The summed E-state index contributed by atoms with van der Waals surface area (Å²) in [6.45, 7) is 1.84. The van der Waals surface area contributed by atoms with Crippen LogP contribution in [-0.2, 0) is 13.0 Å². The third kappa shape index (κ3) is 3.64. The Morgan fingerprint density at radius 3 is 2.50 bits per heavy atom. The molecule has 0 unspecified atom stereocenters. The fourth-order valence-corrected chi connectivity index (χ4v) is 5.11. The summed E-state index contributed by atoms with van der Waals surface area (Å²) in [4.78, 5) is 16.5. The molecule has 1 aliphatic heterocycles. The van der Waals surface area contributed by atoms with Crippen LogP contribution in [0.5, 0.6) is 0 Å². The number of hydrogen-bond acceptors (Lipinski definition) is 5. The lowest BCUT2D eigenvalue weighted by atomic mass is 9.92. The van der Waals surface area contributed by atoms with E-state index >= 15 is 0 Å². The van der Waals surface area contributed by atoms with Crippen LogP contribution in [0.2, 0.25) is 0 Å². The molecule has 2 aromatic heterocycles. The molecule has 0 radical (unpaired) electrons. The van der Waals surface area contributed by atoms with E-state index in [4.69, 9.17) is 0 Å². The molecule has 0 saturated heterocycles. The summed E-state index contributed by atoms with van der Waals surface area (Å²) < 4.78 is 0. The average molecular weight is 433 g/mol. The second kappa shape index (κ2) is 8.46. The first-order valence-corrected chi connectivity index (χ1v) is 12.5. The van der Waals surface area contributed by atoms with E-state index in [1.54, 1.807) is 23.5 Å².